The van der Waals surface area contributed by atoms with E-state index in [1.165, 1.54) is 6.07 Å². The fourth-order valence-corrected chi connectivity index (χ4v) is 2.18. The van der Waals surface area contributed by atoms with Crippen LogP contribution in [0, 0.1) is 11.6 Å². The summed E-state index contributed by atoms with van der Waals surface area (Å²) >= 11 is 0. The number of carbonyl (C=O) groups excluding carboxylic acids is 1. The van der Waals surface area contributed by atoms with Crippen molar-refractivity contribution in [3.63, 3.8) is 0 Å². The molecular formula is C13H16F2N2O. The highest BCUT2D eigenvalue weighted by atomic mass is 19.1. The normalized spacial score (nSPS) is 16.9. The van der Waals surface area contributed by atoms with Crippen molar-refractivity contribution in [2.45, 2.75) is 6.42 Å². The topological polar surface area (TPSA) is 23.6 Å². The van der Waals surface area contributed by atoms with Crippen molar-refractivity contribution in [3.05, 3.63) is 29.8 Å². The number of rotatable bonds is 4. The van der Waals surface area contributed by atoms with Crippen LogP contribution in [0.15, 0.2) is 18.2 Å². The Balaban J connectivity index is 1.96. The van der Waals surface area contributed by atoms with Crippen LogP contribution in [-0.4, -0.2) is 43.9 Å². The van der Waals surface area contributed by atoms with Gasteiger partial charge < -0.3 is 9.69 Å². The van der Waals surface area contributed by atoms with Gasteiger partial charge in [0.1, 0.15) is 17.9 Å². The molecule has 0 N–H and O–H groups in total. The number of anilines is 1. The number of piperazine rings is 1. The molecule has 98 valence electrons. The molecule has 0 amide bonds. The molecular weight excluding hydrogens is 238 g/mol. The van der Waals surface area contributed by atoms with E-state index in [1.54, 1.807) is 0 Å². The van der Waals surface area contributed by atoms with Crippen LogP contribution in [0.3, 0.4) is 0 Å². The summed E-state index contributed by atoms with van der Waals surface area (Å²) in [6, 6.07) is 3.51. The molecule has 1 aliphatic rings. The van der Waals surface area contributed by atoms with Gasteiger partial charge in [0.05, 0.1) is 5.69 Å². The Morgan fingerprint density at radius 3 is 2.56 bits per heavy atom. The summed E-state index contributed by atoms with van der Waals surface area (Å²) in [4.78, 5) is 14.3. The van der Waals surface area contributed by atoms with Crippen LogP contribution in [0.2, 0.25) is 0 Å². The number of nitrogens with zero attached hydrogens (tertiary/aromatic N) is 2. The lowest BCUT2D eigenvalue weighted by Gasteiger charge is -2.35. The molecule has 1 fully saturated rings. The lowest BCUT2D eigenvalue weighted by Crippen LogP contribution is -2.47. The minimum atomic E-state index is -0.421. The van der Waals surface area contributed by atoms with E-state index < -0.39 is 11.6 Å². The van der Waals surface area contributed by atoms with Crippen molar-refractivity contribution in [2.24, 2.45) is 0 Å². The van der Waals surface area contributed by atoms with Crippen molar-refractivity contribution in [1.29, 1.82) is 0 Å². The summed E-state index contributed by atoms with van der Waals surface area (Å²) in [7, 11) is 0. The molecule has 0 atom stereocenters. The van der Waals surface area contributed by atoms with Gasteiger partial charge in [0.25, 0.3) is 0 Å². The zero-order chi connectivity index (χ0) is 13.0. The summed E-state index contributed by atoms with van der Waals surface area (Å²) < 4.78 is 26.7. The van der Waals surface area contributed by atoms with Gasteiger partial charge in [0.15, 0.2) is 0 Å². The van der Waals surface area contributed by atoms with E-state index in [1.807, 2.05) is 4.90 Å². The monoisotopic (exact) mass is 254 g/mol. The minimum absolute atomic E-state index is 0.324. The highest BCUT2D eigenvalue weighted by molar-refractivity contribution is 5.50. The predicted octanol–water partition coefficient (Wildman–Crippen LogP) is 1.68. The second kappa shape index (κ2) is 5.91. The largest absolute Gasteiger partial charge is 0.367 e. The van der Waals surface area contributed by atoms with Crippen LogP contribution in [0.1, 0.15) is 6.42 Å². The summed E-state index contributed by atoms with van der Waals surface area (Å²) in [6.45, 7) is 3.58. The van der Waals surface area contributed by atoms with Gasteiger partial charge in [-0.1, -0.05) is 0 Å². The fraction of sp³-hybridized carbons (Fsp3) is 0.462. The number of hydrogen-bond acceptors (Lipinski definition) is 3. The molecule has 0 bridgehead atoms. The molecule has 0 unspecified atom stereocenters. The Kier molecular flexibility index (Phi) is 4.25. The zero-order valence-corrected chi connectivity index (χ0v) is 10.1. The van der Waals surface area contributed by atoms with E-state index in [2.05, 4.69) is 4.90 Å². The predicted molar refractivity (Wildman–Crippen MR) is 65.7 cm³/mol. The number of hydrogen-bond donors (Lipinski definition) is 0. The number of carbonyl (C=O) groups is 1. The molecule has 1 aromatic carbocycles. The number of aldehydes is 1. The maximum Gasteiger partial charge on any atom is 0.146 e. The number of benzene rings is 1. The van der Waals surface area contributed by atoms with Crippen LogP contribution < -0.4 is 4.90 Å². The van der Waals surface area contributed by atoms with E-state index >= 15 is 0 Å². The SMILES string of the molecule is O=CCCN1CCN(c2cc(F)ccc2F)CC1. The highest BCUT2D eigenvalue weighted by Crippen LogP contribution is 2.21. The summed E-state index contributed by atoms with van der Waals surface area (Å²) in [6.07, 6.45) is 1.42. The lowest BCUT2D eigenvalue weighted by molar-refractivity contribution is -0.108. The third-order valence-electron chi connectivity index (χ3n) is 3.18. The van der Waals surface area contributed by atoms with E-state index in [4.69, 9.17) is 0 Å². The van der Waals surface area contributed by atoms with Gasteiger partial charge in [0, 0.05) is 45.2 Å². The van der Waals surface area contributed by atoms with Crippen LogP contribution >= 0.6 is 0 Å². The van der Waals surface area contributed by atoms with Crippen molar-refractivity contribution in [3.8, 4) is 0 Å². The van der Waals surface area contributed by atoms with Gasteiger partial charge in [-0.2, -0.15) is 0 Å². The van der Waals surface area contributed by atoms with Crippen molar-refractivity contribution >= 4 is 12.0 Å². The average Bonchev–Trinajstić information content (AvgIpc) is 2.40. The fourth-order valence-electron chi connectivity index (χ4n) is 2.18. The van der Waals surface area contributed by atoms with Gasteiger partial charge in [-0.25, -0.2) is 8.78 Å². The van der Waals surface area contributed by atoms with Crippen molar-refractivity contribution < 1.29 is 13.6 Å². The van der Waals surface area contributed by atoms with Gasteiger partial charge in [-0.3, -0.25) is 4.90 Å². The maximum atomic E-state index is 13.6. The summed E-state index contributed by atoms with van der Waals surface area (Å²) in [5.74, 6) is -0.812. The smallest absolute Gasteiger partial charge is 0.146 e. The molecule has 0 saturated carbocycles. The van der Waals surface area contributed by atoms with E-state index in [0.717, 1.165) is 38.1 Å². The van der Waals surface area contributed by atoms with Gasteiger partial charge in [-0.05, 0) is 12.1 Å². The van der Waals surface area contributed by atoms with Crippen LogP contribution in [0.25, 0.3) is 0 Å². The third kappa shape index (κ3) is 3.04. The molecule has 1 aromatic rings. The van der Waals surface area contributed by atoms with E-state index in [9.17, 15) is 13.6 Å². The lowest BCUT2D eigenvalue weighted by atomic mass is 10.2. The maximum absolute atomic E-state index is 13.6. The summed E-state index contributed by atoms with van der Waals surface area (Å²) in [5.41, 5.74) is 0.324. The van der Waals surface area contributed by atoms with Gasteiger partial charge >= 0.3 is 0 Å². The standard InChI is InChI=1S/C13H16F2N2O/c14-11-2-3-12(15)13(10-11)17-7-5-16(6-8-17)4-1-9-18/h2-3,9-10H,1,4-8H2. The number of halogens is 2. The Labute approximate surface area is 105 Å². The molecule has 3 nitrogen and oxygen atoms in total. The highest BCUT2D eigenvalue weighted by Gasteiger charge is 2.19. The van der Waals surface area contributed by atoms with E-state index in [-0.39, 0.29) is 0 Å². The molecule has 1 heterocycles. The molecule has 0 spiro atoms. The molecule has 0 aliphatic carbocycles. The first kappa shape index (κ1) is 13.0. The van der Waals surface area contributed by atoms with Gasteiger partial charge in [0.2, 0.25) is 0 Å². The first-order chi connectivity index (χ1) is 8.70. The van der Waals surface area contributed by atoms with Gasteiger partial charge in [-0.15, -0.1) is 0 Å². The first-order valence-electron chi connectivity index (χ1n) is 6.06. The van der Waals surface area contributed by atoms with Crippen LogP contribution in [0.4, 0.5) is 14.5 Å². The van der Waals surface area contributed by atoms with Crippen molar-refractivity contribution in [1.82, 2.24) is 4.90 Å². The second-order valence-corrected chi connectivity index (χ2v) is 4.38. The first-order valence-corrected chi connectivity index (χ1v) is 6.06. The van der Waals surface area contributed by atoms with Crippen molar-refractivity contribution in [2.75, 3.05) is 37.6 Å². The molecule has 18 heavy (non-hydrogen) atoms. The Bertz CT molecular complexity index is 417. The molecule has 2 rings (SSSR count). The Morgan fingerprint density at radius 2 is 1.89 bits per heavy atom. The van der Waals surface area contributed by atoms with Crippen LogP contribution in [-0.2, 0) is 4.79 Å². The molecule has 5 heteroatoms. The average molecular weight is 254 g/mol. The molecule has 1 saturated heterocycles. The molecule has 1 aliphatic heterocycles. The van der Waals surface area contributed by atoms with Crippen LogP contribution in [0.5, 0.6) is 0 Å². The second-order valence-electron chi connectivity index (χ2n) is 4.38. The summed E-state index contributed by atoms with van der Waals surface area (Å²) in [5, 5.41) is 0. The third-order valence-corrected chi connectivity index (χ3v) is 3.18. The Morgan fingerprint density at radius 1 is 1.17 bits per heavy atom. The minimum Gasteiger partial charge on any atom is -0.367 e. The quantitative estimate of drug-likeness (QED) is 0.764. The van der Waals surface area contributed by atoms with E-state index in [0.29, 0.717) is 25.2 Å². The Hall–Kier alpha value is -1.49. The zero-order valence-electron chi connectivity index (χ0n) is 10.1. The molecule has 0 radical (unpaired) electrons. The molecule has 0 aromatic heterocycles.